The van der Waals surface area contributed by atoms with E-state index >= 15 is 0 Å². The average molecular weight is 926 g/mol. The van der Waals surface area contributed by atoms with Gasteiger partial charge < -0.3 is 19.3 Å². The number of hydrogen-bond donors (Lipinski definition) is 1. The lowest BCUT2D eigenvalue weighted by atomic mass is 9.75. The van der Waals surface area contributed by atoms with Crippen molar-refractivity contribution in [1.82, 2.24) is 25.4 Å². The number of hydrogen-bond acceptors (Lipinski definition) is 8. The summed E-state index contributed by atoms with van der Waals surface area (Å²) in [6, 6.07) is 60.9. The standard InChI is InChI=1S/C60H59N7O3/c1-5-64(6-2)48-31-35-53-55(39-48)70-56-40-49(65(7-3)8-4)32-36-54(56)60(53)52-28-19-18-27-51(52)59(68)67(60)61-41-47-42-66(63-62-47)37-20-38-69-50-33-29-46(30-34-50)58(45-25-16-11-17-26-45)57(43-21-12-9-13-22-43)44-23-14-10-15-24-44/h9-19,21-36,39-40,42,61H,5-8,20,37-38,41H2,1-4H3. The van der Waals surface area contributed by atoms with Crippen LogP contribution in [0.1, 0.15) is 89.1 Å². The van der Waals surface area contributed by atoms with Gasteiger partial charge in [0, 0.05) is 91.1 Å². The van der Waals surface area contributed by atoms with Crippen molar-refractivity contribution in [2.45, 2.75) is 52.7 Å². The molecular formula is C60H59N7O3. The summed E-state index contributed by atoms with van der Waals surface area (Å²) in [4.78, 5) is 19.4. The minimum atomic E-state index is -1.02. The summed E-state index contributed by atoms with van der Waals surface area (Å²) < 4.78 is 15.0. The third-order valence-corrected chi connectivity index (χ3v) is 13.7. The van der Waals surface area contributed by atoms with Crippen LogP contribution in [0.2, 0.25) is 0 Å². The summed E-state index contributed by atoms with van der Waals surface area (Å²) in [5.74, 6) is 2.13. The molecule has 352 valence electrons. The fraction of sp³-hybridized carbons (Fsp3) is 0.217. The number of aromatic nitrogens is 3. The lowest BCUT2D eigenvalue weighted by Crippen LogP contribution is -2.54. The van der Waals surface area contributed by atoms with Gasteiger partial charge in [0.15, 0.2) is 0 Å². The van der Waals surface area contributed by atoms with Crippen LogP contribution >= 0.6 is 0 Å². The van der Waals surface area contributed by atoms with E-state index in [4.69, 9.17) is 9.47 Å². The fourth-order valence-corrected chi connectivity index (χ4v) is 10.3. The summed E-state index contributed by atoms with van der Waals surface area (Å²) in [5.41, 5.74) is 15.6. The SMILES string of the molecule is CCN(CC)c1ccc2c(c1)Oc1cc(N(CC)CC)ccc1C21c2ccccc2C(=O)N1NCc1cn(CCCOc2ccc(C(=C(c3ccccc3)c3ccccc3)c3ccccc3)cc2)nn1. The van der Waals surface area contributed by atoms with E-state index in [1.165, 1.54) is 5.57 Å². The summed E-state index contributed by atoms with van der Waals surface area (Å²) >= 11 is 0. The van der Waals surface area contributed by atoms with Crippen molar-refractivity contribution in [3.63, 3.8) is 0 Å². The highest BCUT2D eigenvalue weighted by Gasteiger charge is 2.57. The number of fused-ring (bicyclic) bond motifs is 6. The second kappa shape index (κ2) is 20.3. The zero-order valence-electron chi connectivity index (χ0n) is 40.4. The average Bonchev–Trinajstić information content (AvgIpc) is 3.97. The number of nitrogens with one attached hydrogen (secondary N) is 1. The zero-order valence-corrected chi connectivity index (χ0v) is 40.4. The molecule has 1 amide bonds. The Kier molecular flexibility index (Phi) is 13.3. The number of ether oxygens (including phenoxy) is 2. The van der Waals surface area contributed by atoms with E-state index in [-0.39, 0.29) is 12.5 Å². The van der Waals surface area contributed by atoms with E-state index < -0.39 is 5.54 Å². The Labute approximate surface area is 411 Å². The van der Waals surface area contributed by atoms with Crippen molar-refractivity contribution in [3.05, 3.63) is 232 Å². The number of anilines is 2. The second-order valence-electron chi connectivity index (χ2n) is 17.6. The van der Waals surface area contributed by atoms with E-state index in [0.29, 0.717) is 24.4 Å². The van der Waals surface area contributed by atoms with Crippen LogP contribution in [0.15, 0.2) is 182 Å². The monoisotopic (exact) mass is 925 g/mol. The predicted molar refractivity (Wildman–Crippen MR) is 280 cm³/mol. The summed E-state index contributed by atoms with van der Waals surface area (Å²) in [6.45, 7) is 13.5. The quantitative estimate of drug-likeness (QED) is 0.0673. The first-order valence-electron chi connectivity index (χ1n) is 24.6. The first-order valence-corrected chi connectivity index (χ1v) is 24.6. The molecule has 0 radical (unpaired) electrons. The van der Waals surface area contributed by atoms with Crippen molar-refractivity contribution in [1.29, 1.82) is 0 Å². The molecule has 1 N–H and O–H groups in total. The molecule has 0 bridgehead atoms. The van der Waals surface area contributed by atoms with Gasteiger partial charge in [-0.05, 0) is 91.4 Å². The maximum atomic E-state index is 14.8. The van der Waals surface area contributed by atoms with Gasteiger partial charge in [0.1, 0.15) is 22.8 Å². The molecule has 0 aliphatic carbocycles. The molecule has 2 aliphatic heterocycles. The van der Waals surface area contributed by atoms with Crippen LogP contribution in [-0.2, 0) is 18.6 Å². The van der Waals surface area contributed by atoms with Gasteiger partial charge >= 0.3 is 0 Å². The van der Waals surface area contributed by atoms with Crippen LogP contribution in [0.4, 0.5) is 11.4 Å². The number of benzene rings is 7. The highest BCUT2D eigenvalue weighted by Crippen LogP contribution is 2.58. The largest absolute Gasteiger partial charge is 0.494 e. The molecule has 8 aromatic rings. The molecule has 10 heteroatoms. The molecule has 0 unspecified atom stereocenters. The van der Waals surface area contributed by atoms with Gasteiger partial charge in [-0.25, -0.2) is 5.43 Å². The fourth-order valence-electron chi connectivity index (χ4n) is 10.3. The Morgan fingerprint density at radius 2 is 1.10 bits per heavy atom. The summed E-state index contributed by atoms with van der Waals surface area (Å²) in [7, 11) is 0. The van der Waals surface area contributed by atoms with E-state index in [2.05, 4.69) is 211 Å². The third kappa shape index (κ3) is 8.60. The molecule has 0 fully saturated rings. The van der Waals surface area contributed by atoms with Gasteiger partial charge in [-0.15, -0.1) is 5.10 Å². The van der Waals surface area contributed by atoms with Crippen molar-refractivity contribution >= 4 is 28.4 Å². The normalized spacial score (nSPS) is 13.0. The van der Waals surface area contributed by atoms with E-state index in [0.717, 1.165) is 106 Å². The van der Waals surface area contributed by atoms with Crippen molar-refractivity contribution < 1.29 is 14.3 Å². The van der Waals surface area contributed by atoms with Gasteiger partial charge in [0.2, 0.25) is 0 Å². The molecule has 10 nitrogen and oxygen atoms in total. The molecule has 0 saturated heterocycles. The smallest absolute Gasteiger partial charge is 0.269 e. The molecule has 0 saturated carbocycles. The van der Waals surface area contributed by atoms with Gasteiger partial charge in [-0.1, -0.05) is 139 Å². The molecule has 0 atom stereocenters. The maximum absolute atomic E-state index is 14.8. The van der Waals surface area contributed by atoms with Crippen molar-refractivity contribution in [2.75, 3.05) is 42.6 Å². The number of amides is 1. The number of carbonyl (C=O) groups is 1. The number of rotatable bonds is 18. The van der Waals surface area contributed by atoms with Crippen LogP contribution in [-0.4, -0.2) is 58.7 Å². The predicted octanol–water partition coefficient (Wildman–Crippen LogP) is 12.0. The van der Waals surface area contributed by atoms with Crippen LogP contribution in [0, 0.1) is 0 Å². The molecule has 3 heterocycles. The highest BCUT2D eigenvalue weighted by atomic mass is 16.5. The van der Waals surface area contributed by atoms with Gasteiger partial charge in [-0.2, -0.15) is 0 Å². The van der Waals surface area contributed by atoms with Crippen molar-refractivity contribution in [3.8, 4) is 17.2 Å². The first kappa shape index (κ1) is 45.8. The number of hydrazine groups is 1. The summed E-state index contributed by atoms with van der Waals surface area (Å²) in [5, 5.41) is 10.8. The Bertz CT molecular complexity index is 3010. The molecule has 2 aliphatic rings. The Balaban J connectivity index is 0.867. The van der Waals surface area contributed by atoms with Crippen LogP contribution in [0.5, 0.6) is 17.2 Å². The van der Waals surface area contributed by atoms with Crippen LogP contribution in [0.25, 0.3) is 11.1 Å². The molecular weight excluding hydrogens is 867 g/mol. The molecule has 10 rings (SSSR count). The Morgan fingerprint density at radius 3 is 1.63 bits per heavy atom. The summed E-state index contributed by atoms with van der Waals surface area (Å²) in [6.07, 6.45) is 2.66. The third-order valence-electron chi connectivity index (χ3n) is 13.7. The molecule has 1 spiro atoms. The number of carbonyl (C=O) groups excluding carboxylic acids is 1. The van der Waals surface area contributed by atoms with Gasteiger partial charge in [0.25, 0.3) is 5.91 Å². The number of nitrogens with zero attached hydrogens (tertiary/aromatic N) is 6. The van der Waals surface area contributed by atoms with Gasteiger partial charge in [-0.3, -0.25) is 14.5 Å². The number of aryl methyl sites for hydroxylation is 1. The maximum Gasteiger partial charge on any atom is 0.269 e. The lowest BCUT2D eigenvalue weighted by Gasteiger charge is -2.44. The minimum Gasteiger partial charge on any atom is -0.494 e. The first-order chi connectivity index (χ1) is 34.4. The highest BCUT2D eigenvalue weighted by molar-refractivity contribution is 6.05. The second-order valence-corrected chi connectivity index (χ2v) is 17.6. The van der Waals surface area contributed by atoms with E-state index in [9.17, 15) is 4.79 Å². The molecule has 70 heavy (non-hydrogen) atoms. The lowest BCUT2D eigenvalue weighted by molar-refractivity contribution is 0.0497. The van der Waals surface area contributed by atoms with E-state index in [1.54, 1.807) is 5.01 Å². The Hall–Kier alpha value is -7.95. The topological polar surface area (TPSA) is 88.0 Å². The zero-order chi connectivity index (χ0) is 48.0. The Morgan fingerprint density at radius 1 is 0.600 bits per heavy atom. The van der Waals surface area contributed by atoms with Crippen molar-refractivity contribution in [2.24, 2.45) is 0 Å². The molecule has 7 aromatic carbocycles. The van der Waals surface area contributed by atoms with Crippen LogP contribution in [0.3, 0.4) is 0 Å². The van der Waals surface area contributed by atoms with Gasteiger partial charge in [0.05, 0.1) is 18.8 Å². The van der Waals surface area contributed by atoms with Crippen LogP contribution < -0.4 is 24.7 Å². The van der Waals surface area contributed by atoms with E-state index in [1.807, 2.05) is 29.1 Å². The minimum absolute atomic E-state index is 0.118. The molecule has 1 aromatic heterocycles.